The maximum Gasteiger partial charge on any atom is 0.501 e. The number of alkyl halides is 3. The number of halogens is 3. The number of morpholine rings is 1. The van der Waals surface area contributed by atoms with Crippen molar-refractivity contribution in [3.8, 4) is 0 Å². The molecule has 2 heterocycles. The number of nitrogens with one attached hydrogen (secondary N) is 2. The number of thioether (sulfide) groups is 1. The first-order chi connectivity index (χ1) is 30.8. The molecule has 3 aromatic rings. The average Bonchev–Trinajstić information content (AvgIpc) is 3.26. The number of hydrogen-bond acceptors (Lipinski definition) is 11. The fourth-order valence-electron chi connectivity index (χ4n) is 10.9. The predicted molar refractivity (Wildman–Crippen MR) is 249 cm³/mol. The summed E-state index contributed by atoms with van der Waals surface area (Å²) < 4.78 is 103. The third-order valence-electron chi connectivity index (χ3n) is 14.6. The highest BCUT2D eigenvalue weighted by Crippen LogP contribution is 2.70. The second kappa shape index (κ2) is 19.2. The molecule has 65 heavy (non-hydrogen) atoms. The number of amides is 1. The molecule has 2 saturated carbocycles. The summed E-state index contributed by atoms with van der Waals surface area (Å²) in [6.45, 7) is 14.7. The number of anilines is 2. The monoisotopic (exact) mass is 957 g/mol. The van der Waals surface area contributed by atoms with Crippen molar-refractivity contribution in [1.29, 1.82) is 0 Å². The number of sulfone groups is 1. The normalized spacial score (nSPS) is 24.7. The second-order valence-electron chi connectivity index (χ2n) is 19.5. The Balaban J connectivity index is 0.925. The first-order valence-corrected chi connectivity index (χ1v) is 26.8. The van der Waals surface area contributed by atoms with Crippen molar-refractivity contribution in [3.05, 3.63) is 89.5 Å². The van der Waals surface area contributed by atoms with E-state index in [0.717, 1.165) is 73.7 Å². The van der Waals surface area contributed by atoms with Gasteiger partial charge in [-0.15, -0.1) is 11.8 Å². The maximum atomic E-state index is 14.2. The number of benzene rings is 3. The summed E-state index contributed by atoms with van der Waals surface area (Å²) in [5, 5.41) is 3.00. The molecule has 17 heteroatoms. The summed E-state index contributed by atoms with van der Waals surface area (Å²) in [4.78, 5) is 19.2. The number of piperazine rings is 1. The van der Waals surface area contributed by atoms with Crippen LogP contribution in [0.2, 0.25) is 0 Å². The Bertz CT molecular complexity index is 2440. The van der Waals surface area contributed by atoms with Gasteiger partial charge in [0.15, 0.2) is 0 Å². The van der Waals surface area contributed by atoms with Crippen LogP contribution >= 0.6 is 11.8 Å². The van der Waals surface area contributed by atoms with Crippen LogP contribution in [0, 0.1) is 22.7 Å². The number of carbonyl (C=O) groups is 1. The fraction of sp³-hybridized carbons (Fsp3) is 0.562. The molecule has 5 aliphatic rings. The zero-order valence-corrected chi connectivity index (χ0v) is 40.0. The van der Waals surface area contributed by atoms with E-state index in [4.69, 9.17) is 4.74 Å². The van der Waals surface area contributed by atoms with Crippen LogP contribution in [-0.4, -0.2) is 115 Å². The summed E-state index contributed by atoms with van der Waals surface area (Å²) in [6.07, 6.45) is 8.15. The molecule has 0 bridgehead atoms. The second-order valence-corrected chi connectivity index (χ2v) is 24.2. The Morgan fingerprint density at radius 3 is 2.25 bits per heavy atom. The number of ether oxygens (including phenoxy) is 1. The molecule has 1 amide bonds. The highest BCUT2D eigenvalue weighted by Gasteiger charge is 2.60. The lowest BCUT2D eigenvalue weighted by atomic mass is 9.39. The predicted octanol–water partition coefficient (Wildman–Crippen LogP) is 8.46. The summed E-state index contributed by atoms with van der Waals surface area (Å²) in [7, 11) is -10.9. The van der Waals surface area contributed by atoms with Crippen molar-refractivity contribution in [2.24, 2.45) is 22.7 Å². The molecule has 3 aliphatic carbocycles. The van der Waals surface area contributed by atoms with Gasteiger partial charge in [-0.1, -0.05) is 50.1 Å². The highest BCUT2D eigenvalue weighted by molar-refractivity contribution is 7.99. The molecule has 0 aromatic heterocycles. The zero-order chi connectivity index (χ0) is 46.2. The van der Waals surface area contributed by atoms with Crippen LogP contribution in [0.5, 0.6) is 0 Å². The molecule has 2 aliphatic heterocycles. The smallest absolute Gasteiger partial charge is 0.380 e. The standard InChI is InChI=1S/C48H62F3N5O6S3/c1-34-30-47(19-16-41(34)47)42-15-18-46(2,3)31-36(42)32-55-21-23-56(24-22-55)38-11-9-35(10-12-38)45(57)53-65(60,61)40-13-14-43(44(29-40)64(58,59)48(49,50)51)52-37(17-20-54-25-27-62-28-26-54)33-63-39-7-5-4-6-8-39/h4-14,29,34,37,41,52H,15-28,30-33H2,1-3H3,(H,53,57)/t34?,37-,41?,47?/m1/s1. The summed E-state index contributed by atoms with van der Waals surface area (Å²) in [5.41, 5.74) is -0.985. The lowest BCUT2D eigenvalue weighted by molar-refractivity contribution is -0.100. The van der Waals surface area contributed by atoms with E-state index in [1.54, 1.807) is 23.3 Å². The van der Waals surface area contributed by atoms with E-state index < -0.39 is 47.1 Å². The van der Waals surface area contributed by atoms with Gasteiger partial charge in [0.2, 0.25) is 0 Å². The third kappa shape index (κ3) is 10.6. The molecule has 2 N–H and O–H groups in total. The van der Waals surface area contributed by atoms with E-state index in [0.29, 0.717) is 61.9 Å². The van der Waals surface area contributed by atoms with Crippen LogP contribution < -0.4 is 14.9 Å². The minimum Gasteiger partial charge on any atom is -0.380 e. The minimum atomic E-state index is -6.04. The van der Waals surface area contributed by atoms with Crippen LogP contribution in [0.4, 0.5) is 24.5 Å². The largest absolute Gasteiger partial charge is 0.501 e. The lowest BCUT2D eigenvalue weighted by Crippen LogP contribution is -2.56. The van der Waals surface area contributed by atoms with Gasteiger partial charge in [0.25, 0.3) is 25.8 Å². The Labute approximate surface area is 386 Å². The molecular formula is C48H62F3N5O6S3. The Morgan fingerprint density at radius 1 is 0.908 bits per heavy atom. The molecule has 4 fully saturated rings. The van der Waals surface area contributed by atoms with E-state index in [1.807, 2.05) is 35.1 Å². The Kier molecular flexibility index (Phi) is 14.1. The molecule has 0 spiro atoms. The van der Waals surface area contributed by atoms with Crippen molar-refractivity contribution >= 4 is 48.9 Å². The molecule has 11 nitrogen and oxygen atoms in total. The van der Waals surface area contributed by atoms with E-state index in [9.17, 15) is 34.8 Å². The molecule has 354 valence electrons. The van der Waals surface area contributed by atoms with E-state index >= 15 is 0 Å². The van der Waals surface area contributed by atoms with E-state index in [2.05, 4.69) is 40.8 Å². The van der Waals surface area contributed by atoms with Crippen molar-refractivity contribution in [2.75, 3.05) is 81.5 Å². The van der Waals surface area contributed by atoms with Crippen molar-refractivity contribution < 1.29 is 39.5 Å². The zero-order valence-electron chi connectivity index (χ0n) is 37.5. The number of carbonyl (C=O) groups excluding carboxylic acids is 1. The van der Waals surface area contributed by atoms with Gasteiger partial charge in [-0.25, -0.2) is 21.6 Å². The Morgan fingerprint density at radius 2 is 1.62 bits per heavy atom. The van der Waals surface area contributed by atoms with Gasteiger partial charge in [-0.3, -0.25) is 14.6 Å². The first kappa shape index (κ1) is 47.9. The van der Waals surface area contributed by atoms with Crippen molar-refractivity contribution in [3.63, 3.8) is 0 Å². The van der Waals surface area contributed by atoms with Gasteiger partial charge in [0.1, 0.15) is 4.90 Å². The van der Waals surface area contributed by atoms with E-state index in [-0.39, 0.29) is 11.3 Å². The van der Waals surface area contributed by atoms with Crippen LogP contribution in [0.1, 0.15) is 76.1 Å². The lowest BCUT2D eigenvalue weighted by Gasteiger charge is -2.65. The van der Waals surface area contributed by atoms with Crippen LogP contribution in [0.15, 0.2) is 98.6 Å². The molecular weight excluding hydrogens is 896 g/mol. The molecule has 8 rings (SSSR count). The third-order valence-corrected chi connectivity index (χ3v) is 18.6. The maximum absolute atomic E-state index is 14.2. The summed E-state index contributed by atoms with van der Waals surface area (Å²) >= 11 is 1.46. The number of allylic oxidation sites excluding steroid dienone is 1. The van der Waals surface area contributed by atoms with Crippen molar-refractivity contribution in [1.82, 2.24) is 14.5 Å². The summed E-state index contributed by atoms with van der Waals surface area (Å²) in [6, 6.07) is 17.9. The number of sulfonamides is 1. The first-order valence-electron chi connectivity index (χ1n) is 22.9. The van der Waals surface area contributed by atoms with Gasteiger partial charge in [0, 0.05) is 80.3 Å². The molecule has 3 unspecified atom stereocenters. The van der Waals surface area contributed by atoms with Crippen LogP contribution in [0.25, 0.3) is 0 Å². The molecule has 2 saturated heterocycles. The average molecular weight is 958 g/mol. The van der Waals surface area contributed by atoms with Gasteiger partial charge in [0.05, 0.1) is 23.8 Å². The number of nitrogens with zero attached hydrogens (tertiary/aromatic N) is 3. The molecule has 3 aromatic carbocycles. The fourth-order valence-corrected chi connectivity index (χ4v) is 13.9. The van der Waals surface area contributed by atoms with E-state index in [1.165, 1.54) is 56.0 Å². The van der Waals surface area contributed by atoms with Gasteiger partial charge < -0.3 is 15.0 Å². The number of fused-ring (bicyclic) bond motifs is 1. The van der Waals surface area contributed by atoms with Gasteiger partial charge in [-0.2, -0.15) is 13.2 Å². The molecule has 0 radical (unpaired) electrons. The van der Waals surface area contributed by atoms with Crippen LogP contribution in [-0.2, 0) is 24.6 Å². The van der Waals surface area contributed by atoms with Gasteiger partial charge >= 0.3 is 5.51 Å². The van der Waals surface area contributed by atoms with Gasteiger partial charge in [-0.05, 0) is 122 Å². The number of hydrogen-bond donors (Lipinski definition) is 2. The topological polar surface area (TPSA) is 128 Å². The number of rotatable bonds is 16. The van der Waals surface area contributed by atoms with Crippen molar-refractivity contribution in [2.45, 2.75) is 92.0 Å². The summed E-state index contributed by atoms with van der Waals surface area (Å²) in [5.74, 6) is 1.08. The van der Waals surface area contributed by atoms with Crippen LogP contribution in [0.3, 0.4) is 0 Å². The Hall–Kier alpha value is -3.61. The highest BCUT2D eigenvalue weighted by atomic mass is 32.2. The molecule has 4 atom stereocenters. The quantitative estimate of drug-likeness (QED) is 0.106. The minimum absolute atomic E-state index is 0.0229. The SMILES string of the molecule is CC1CC2(C3=C(CN4CCN(c5ccc(C(=O)NS(=O)(=O)c6ccc(N[C@H](CCN7CCOCC7)CSc7ccccc7)c(S(=O)(=O)C(F)(F)F)c6)cc5)CC4)CC(C)(C)CC3)CCC12.